The molecule has 0 aliphatic carbocycles. The zero-order valence-electron chi connectivity index (χ0n) is 13.9. The second-order valence-electron chi connectivity index (χ2n) is 5.82. The normalized spacial score (nSPS) is 14.0. The highest BCUT2D eigenvalue weighted by molar-refractivity contribution is 6.05. The van der Waals surface area contributed by atoms with Crippen LogP contribution in [0, 0.1) is 5.82 Å². The molecule has 8 heteroatoms. The third-order valence-electron chi connectivity index (χ3n) is 4.09. The molecule has 7 nitrogen and oxygen atoms in total. The Bertz CT molecular complexity index is 817. The Morgan fingerprint density at radius 3 is 2.42 bits per heavy atom. The summed E-state index contributed by atoms with van der Waals surface area (Å²) in [5, 5.41) is 2.64. The van der Waals surface area contributed by atoms with Gasteiger partial charge in [0.1, 0.15) is 11.5 Å². The first-order chi connectivity index (χ1) is 12.6. The van der Waals surface area contributed by atoms with Gasteiger partial charge in [-0.15, -0.1) is 0 Å². The zero-order chi connectivity index (χ0) is 18.5. The van der Waals surface area contributed by atoms with Gasteiger partial charge in [-0.1, -0.05) is 0 Å². The quantitative estimate of drug-likeness (QED) is 0.839. The second-order valence-corrected chi connectivity index (χ2v) is 5.82. The Kier molecular flexibility index (Phi) is 5.21. The van der Waals surface area contributed by atoms with Crippen molar-refractivity contribution in [2.24, 2.45) is 0 Å². The van der Waals surface area contributed by atoms with Crippen molar-refractivity contribution in [3.8, 4) is 0 Å². The lowest BCUT2D eigenvalue weighted by atomic mass is 10.2. The zero-order valence-corrected chi connectivity index (χ0v) is 13.9. The summed E-state index contributed by atoms with van der Waals surface area (Å²) in [7, 11) is 0. The van der Waals surface area contributed by atoms with Gasteiger partial charge in [0, 0.05) is 43.6 Å². The molecule has 0 atom stereocenters. The van der Waals surface area contributed by atoms with Gasteiger partial charge in [-0.05, 0) is 36.4 Å². The molecule has 1 aliphatic rings. The van der Waals surface area contributed by atoms with Gasteiger partial charge < -0.3 is 15.1 Å². The summed E-state index contributed by atoms with van der Waals surface area (Å²) < 4.78 is 12.9. The van der Waals surface area contributed by atoms with E-state index < -0.39 is 11.7 Å². The van der Waals surface area contributed by atoms with Crippen molar-refractivity contribution >= 4 is 23.9 Å². The van der Waals surface area contributed by atoms with Crippen molar-refractivity contribution in [2.75, 3.05) is 31.5 Å². The molecule has 0 saturated carbocycles. The summed E-state index contributed by atoms with van der Waals surface area (Å²) in [6.07, 6.45) is 2.16. The molecule has 134 valence electrons. The minimum Gasteiger partial charge on any atom is -0.342 e. The standard InChI is InChI=1S/C18H17FN4O3/c19-14-1-3-15(4-2-14)21-17(25)13-5-6-20-16(11-13)18(26)23-9-7-22(12-24)8-10-23/h1-6,11-12H,7-10H2,(H,21,25). The average molecular weight is 356 g/mol. The number of nitrogens with zero attached hydrogens (tertiary/aromatic N) is 3. The molecule has 0 bridgehead atoms. The van der Waals surface area contributed by atoms with Crippen LogP contribution >= 0.6 is 0 Å². The van der Waals surface area contributed by atoms with E-state index in [1.54, 1.807) is 9.80 Å². The van der Waals surface area contributed by atoms with Crippen LogP contribution in [0.2, 0.25) is 0 Å². The molecule has 1 aliphatic heterocycles. The predicted octanol–water partition coefficient (Wildman–Crippen LogP) is 1.39. The molecular weight excluding hydrogens is 339 g/mol. The number of carbonyl (C=O) groups excluding carboxylic acids is 3. The van der Waals surface area contributed by atoms with E-state index in [-0.39, 0.29) is 17.2 Å². The number of anilines is 1. The maximum atomic E-state index is 12.9. The van der Waals surface area contributed by atoms with Crippen molar-refractivity contribution in [3.63, 3.8) is 0 Å². The lowest BCUT2D eigenvalue weighted by Gasteiger charge is -2.32. The largest absolute Gasteiger partial charge is 0.342 e. The smallest absolute Gasteiger partial charge is 0.272 e. The van der Waals surface area contributed by atoms with Crippen LogP contribution in [0.15, 0.2) is 42.6 Å². The molecule has 1 N–H and O–H groups in total. The SMILES string of the molecule is O=CN1CCN(C(=O)c2cc(C(=O)Nc3ccc(F)cc3)ccn2)CC1. The van der Waals surface area contributed by atoms with Gasteiger partial charge in [0.15, 0.2) is 0 Å². The molecule has 0 spiro atoms. The lowest BCUT2D eigenvalue weighted by molar-refractivity contribution is -0.119. The molecule has 1 aromatic carbocycles. The third kappa shape index (κ3) is 4.02. The molecule has 3 amide bonds. The summed E-state index contributed by atoms with van der Waals surface area (Å²) in [5.41, 5.74) is 0.890. The summed E-state index contributed by atoms with van der Waals surface area (Å²) in [4.78, 5) is 42.9. The second kappa shape index (κ2) is 7.73. The Morgan fingerprint density at radius 2 is 1.77 bits per heavy atom. The predicted molar refractivity (Wildman–Crippen MR) is 92.1 cm³/mol. The number of hydrogen-bond donors (Lipinski definition) is 1. The van der Waals surface area contributed by atoms with Crippen molar-refractivity contribution in [2.45, 2.75) is 0 Å². The molecule has 0 unspecified atom stereocenters. The Balaban J connectivity index is 1.69. The first-order valence-electron chi connectivity index (χ1n) is 8.08. The summed E-state index contributed by atoms with van der Waals surface area (Å²) in [6.45, 7) is 1.79. The van der Waals surface area contributed by atoms with Crippen molar-refractivity contribution in [1.82, 2.24) is 14.8 Å². The first kappa shape index (κ1) is 17.5. The average Bonchev–Trinajstić information content (AvgIpc) is 2.69. The highest BCUT2D eigenvalue weighted by Gasteiger charge is 2.23. The number of benzene rings is 1. The van der Waals surface area contributed by atoms with E-state index in [1.807, 2.05) is 0 Å². The van der Waals surface area contributed by atoms with Crippen LogP contribution in [-0.2, 0) is 4.79 Å². The molecule has 1 aromatic heterocycles. The number of amides is 3. The fourth-order valence-electron chi connectivity index (χ4n) is 2.62. The first-order valence-corrected chi connectivity index (χ1v) is 8.08. The Hall–Kier alpha value is -3.29. The summed E-state index contributed by atoms with van der Waals surface area (Å²) in [5.74, 6) is -1.10. The molecule has 0 radical (unpaired) electrons. The number of piperazine rings is 1. The van der Waals surface area contributed by atoms with Crippen LogP contribution in [0.3, 0.4) is 0 Å². The number of rotatable bonds is 4. The minimum absolute atomic E-state index is 0.163. The van der Waals surface area contributed by atoms with Gasteiger partial charge in [-0.3, -0.25) is 19.4 Å². The fourth-order valence-corrected chi connectivity index (χ4v) is 2.62. The number of carbonyl (C=O) groups is 3. The van der Waals surface area contributed by atoms with Gasteiger partial charge in [-0.25, -0.2) is 4.39 Å². The van der Waals surface area contributed by atoms with Crippen LogP contribution < -0.4 is 5.32 Å². The van der Waals surface area contributed by atoms with Gasteiger partial charge in [0.2, 0.25) is 6.41 Å². The molecular formula is C18H17FN4O3. The molecule has 3 rings (SSSR count). The number of nitrogens with one attached hydrogen (secondary N) is 1. The van der Waals surface area contributed by atoms with Crippen LogP contribution in [0.4, 0.5) is 10.1 Å². The topological polar surface area (TPSA) is 82.6 Å². The van der Waals surface area contributed by atoms with Crippen molar-refractivity contribution in [1.29, 1.82) is 0 Å². The number of pyridine rings is 1. The fraction of sp³-hybridized carbons (Fsp3) is 0.222. The van der Waals surface area contributed by atoms with Crippen LogP contribution in [0.5, 0.6) is 0 Å². The maximum absolute atomic E-state index is 12.9. The van der Waals surface area contributed by atoms with E-state index in [4.69, 9.17) is 0 Å². The van der Waals surface area contributed by atoms with Gasteiger partial charge in [0.25, 0.3) is 11.8 Å². The van der Waals surface area contributed by atoms with E-state index in [1.165, 1.54) is 42.6 Å². The summed E-state index contributed by atoms with van der Waals surface area (Å²) >= 11 is 0. The van der Waals surface area contributed by atoms with Gasteiger partial charge in [0.05, 0.1) is 0 Å². The molecule has 1 fully saturated rings. The van der Waals surface area contributed by atoms with Crippen LogP contribution in [0.25, 0.3) is 0 Å². The maximum Gasteiger partial charge on any atom is 0.272 e. The molecule has 2 heterocycles. The molecule has 1 saturated heterocycles. The number of aromatic nitrogens is 1. The van der Waals surface area contributed by atoms with Crippen molar-refractivity contribution < 1.29 is 18.8 Å². The number of hydrogen-bond acceptors (Lipinski definition) is 4. The monoisotopic (exact) mass is 356 g/mol. The van der Waals surface area contributed by atoms with Gasteiger partial charge >= 0.3 is 0 Å². The van der Waals surface area contributed by atoms with E-state index >= 15 is 0 Å². The van der Waals surface area contributed by atoms with Crippen molar-refractivity contribution in [3.05, 3.63) is 59.7 Å². The van der Waals surface area contributed by atoms with E-state index in [2.05, 4.69) is 10.3 Å². The lowest BCUT2D eigenvalue weighted by Crippen LogP contribution is -2.48. The molecule has 26 heavy (non-hydrogen) atoms. The van der Waals surface area contributed by atoms with E-state index in [0.29, 0.717) is 31.9 Å². The Labute approximate surface area is 149 Å². The van der Waals surface area contributed by atoms with Crippen LogP contribution in [-0.4, -0.2) is 59.2 Å². The summed E-state index contributed by atoms with van der Waals surface area (Å²) in [6, 6.07) is 8.32. The van der Waals surface area contributed by atoms with E-state index in [0.717, 1.165) is 6.41 Å². The van der Waals surface area contributed by atoms with Crippen LogP contribution in [0.1, 0.15) is 20.8 Å². The Morgan fingerprint density at radius 1 is 1.08 bits per heavy atom. The molecule has 2 aromatic rings. The minimum atomic E-state index is -0.418. The number of halogens is 1. The third-order valence-corrected chi connectivity index (χ3v) is 4.09. The highest BCUT2D eigenvalue weighted by atomic mass is 19.1. The van der Waals surface area contributed by atoms with Gasteiger partial charge in [-0.2, -0.15) is 0 Å². The van der Waals surface area contributed by atoms with E-state index in [9.17, 15) is 18.8 Å². The highest BCUT2D eigenvalue weighted by Crippen LogP contribution is 2.12.